The first-order chi connectivity index (χ1) is 9.47. The zero-order valence-electron chi connectivity index (χ0n) is 12.5. The normalized spacial score (nSPS) is 12.9. The fraction of sp³-hybridized carbons (Fsp3) is 0.438. The van der Waals surface area contributed by atoms with Crippen LogP contribution in [0.15, 0.2) is 34.9 Å². The SMILES string of the molecule is CC(C)c1nn(C)cc1CN[C@H](C)c1cccc(Br)c1. The number of aryl methyl sites for hydroxylation is 1. The van der Waals surface area contributed by atoms with Crippen LogP contribution in [0.1, 0.15) is 49.6 Å². The van der Waals surface area contributed by atoms with E-state index in [1.54, 1.807) is 0 Å². The van der Waals surface area contributed by atoms with Gasteiger partial charge in [-0.3, -0.25) is 4.68 Å². The number of hydrogen-bond acceptors (Lipinski definition) is 2. The molecule has 2 aromatic rings. The van der Waals surface area contributed by atoms with Gasteiger partial charge in [0.05, 0.1) is 5.69 Å². The van der Waals surface area contributed by atoms with Crippen molar-refractivity contribution in [3.8, 4) is 0 Å². The van der Waals surface area contributed by atoms with Crippen molar-refractivity contribution in [1.82, 2.24) is 15.1 Å². The minimum Gasteiger partial charge on any atom is -0.306 e. The Morgan fingerprint density at radius 1 is 1.30 bits per heavy atom. The van der Waals surface area contributed by atoms with E-state index in [0.717, 1.165) is 11.0 Å². The maximum Gasteiger partial charge on any atom is 0.0694 e. The molecule has 0 fully saturated rings. The van der Waals surface area contributed by atoms with Gasteiger partial charge in [-0.05, 0) is 30.5 Å². The van der Waals surface area contributed by atoms with Crippen molar-refractivity contribution in [2.75, 3.05) is 0 Å². The van der Waals surface area contributed by atoms with Crippen LogP contribution in [0.25, 0.3) is 0 Å². The number of benzene rings is 1. The van der Waals surface area contributed by atoms with E-state index in [1.165, 1.54) is 16.8 Å². The molecule has 0 aliphatic carbocycles. The monoisotopic (exact) mass is 335 g/mol. The van der Waals surface area contributed by atoms with E-state index in [4.69, 9.17) is 0 Å². The van der Waals surface area contributed by atoms with Crippen molar-refractivity contribution in [2.45, 2.75) is 39.3 Å². The first-order valence-corrected chi connectivity index (χ1v) is 7.78. The molecule has 1 atom stereocenters. The summed E-state index contributed by atoms with van der Waals surface area (Å²) in [6, 6.07) is 8.74. The summed E-state index contributed by atoms with van der Waals surface area (Å²) in [4.78, 5) is 0. The average Bonchev–Trinajstić information content (AvgIpc) is 2.77. The van der Waals surface area contributed by atoms with Crippen molar-refractivity contribution >= 4 is 15.9 Å². The molecule has 0 spiro atoms. The molecule has 0 saturated carbocycles. The molecule has 0 bridgehead atoms. The van der Waals surface area contributed by atoms with Crippen molar-refractivity contribution in [2.24, 2.45) is 7.05 Å². The second kappa shape index (κ2) is 6.55. The smallest absolute Gasteiger partial charge is 0.0694 e. The summed E-state index contributed by atoms with van der Waals surface area (Å²) in [6.45, 7) is 7.40. The van der Waals surface area contributed by atoms with E-state index in [2.05, 4.69) is 71.5 Å². The Morgan fingerprint density at radius 2 is 2.05 bits per heavy atom. The molecule has 0 unspecified atom stereocenters. The zero-order valence-corrected chi connectivity index (χ0v) is 14.1. The van der Waals surface area contributed by atoms with Crippen molar-refractivity contribution in [3.63, 3.8) is 0 Å². The van der Waals surface area contributed by atoms with E-state index >= 15 is 0 Å². The van der Waals surface area contributed by atoms with E-state index in [1.807, 2.05) is 17.8 Å². The third-order valence-electron chi connectivity index (χ3n) is 3.43. The molecule has 1 N–H and O–H groups in total. The lowest BCUT2D eigenvalue weighted by Crippen LogP contribution is -2.18. The molecule has 0 amide bonds. The van der Waals surface area contributed by atoms with Gasteiger partial charge in [-0.25, -0.2) is 0 Å². The van der Waals surface area contributed by atoms with Gasteiger partial charge in [0.2, 0.25) is 0 Å². The number of aromatic nitrogens is 2. The Labute approximate surface area is 129 Å². The van der Waals surface area contributed by atoms with E-state index in [-0.39, 0.29) is 0 Å². The van der Waals surface area contributed by atoms with Gasteiger partial charge in [0.25, 0.3) is 0 Å². The van der Waals surface area contributed by atoms with Crippen molar-refractivity contribution in [1.29, 1.82) is 0 Å². The summed E-state index contributed by atoms with van der Waals surface area (Å²) >= 11 is 3.52. The van der Waals surface area contributed by atoms with E-state index < -0.39 is 0 Å². The second-order valence-corrected chi connectivity index (χ2v) is 6.44. The van der Waals surface area contributed by atoms with Crippen molar-refractivity contribution < 1.29 is 0 Å². The Hall–Kier alpha value is -1.13. The standard InChI is InChI=1S/C16H22BrN3/c1-11(2)16-14(10-20(4)19-16)9-18-12(3)13-6-5-7-15(17)8-13/h5-8,10-12,18H,9H2,1-4H3/t12-/m1/s1. The van der Waals surface area contributed by atoms with Gasteiger partial charge in [-0.1, -0.05) is 41.9 Å². The molecule has 108 valence electrons. The molecule has 0 saturated heterocycles. The average molecular weight is 336 g/mol. The predicted molar refractivity (Wildman–Crippen MR) is 86.7 cm³/mol. The summed E-state index contributed by atoms with van der Waals surface area (Å²) in [5.41, 5.74) is 3.75. The topological polar surface area (TPSA) is 29.9 Å². The molecule has 20 heavy (non-hydrogen) atoms. The molecular formula is C16H22BrN3. The fourth-order valence-electron chi connectivity index (χ4n) is 2.33. The maximum absolute atomic E-state index is 4.54. The van der Waals surface area contributed by atoms with Crippen LogP contribution in [0.2, 0.25) is 0 Å². The lowest BCUT2D eigenvalue weighted by atomic mass is 10.1. The number of hydrogen-bond donors (Lipinski definition) is 1. The van der Waals surface area contributed by atoms with Gasteiger partial charge in [0.15, 0.2) is 0 Å². The highest BCUT2D eigenvalue weighted by atomic mass is 79.9. The molecule has 0 radical (unpaired) electrons. The van der Waals surface area contributed by atoms with Crippen LogP contribution >= 0.6 is 15.9 Å². The Kier molecular flexibility index (Phi) is 5.00. The highest BCUT2D eigenvalue weighted by Crippen LogP contribution is 2.20. The van der Waals surface area contributed by atoms with Gasteiger partial charge in [0, 0.05) is 35.9 Å². The molecule has 2 rings (SSSR count). The van der Waals surface area contributed by atoms with E-state index in [9.17, 15) is 0 Å². The third-order valence-corrected chi connectivity index (χ3v) is 3.92. The van der Waals surface area contributed by atoms with Crippen LogP contribution in [0.5, 0.6) is 0 Å². The number of nitrogens with zero attached hydrogens (tertiary/aromatic N) is 2. The van der Waals surface area contributed by atoms with E-state index in [0.29, 0.717) is 12.0 Å². The number of nitrogens with one attached hydrogen (secondary N) is 1. The Morgan fingerprint density at radius 3 is 2.70 bits per heavy atom. The highest BCUT2D eigenvalue weighted by Gasteiger charge is 2.12. The summed E-state index contributed by atoms with van der Waals surface area (Å²) in [6.07, 6.45) is 2.11. The number of rotatable bonds is 5. The second-order valence-electron chi connectivity index (χ2n) is 5.53. The molecule has 1 aromatic heterocycles. The first-order valence-electron chi connectivity index (χ1n) is 6.98. The van der Waals surface area contributed by atoms with Gasteiger partial charge in [-0.15, -0.1) is 0 Å². The molecule has 0 aliphatic rings. The van der Waals surface area contributed by atoms with Crippen LogP contribution in [0.3, 0.4) is 0 Å². The molecular weight excluding hydrogens is 314 g/mol. The summed E-state index contributed by atoms with van der Waals surface area (Å²) in [5.74, 6) is 0.453. The van der Waals surface area contributed by atoms with Crippen LogP contribution in [-0.2, 0) is 13.6 Å². The molecule has 1 aromatic carbocycles. The van der Waals surface area contributed by atoms with Crippen LogP contribution < -0.4 is 5.32 Å². The first kappa shape index (κ1) is 15.3. The summed E-state index contributed by atoms with van der Waals surface area (Å²) < 4.78 is 3.02. The quantitative estimate of drug-likeness (QED) is 0.889. The molecule has 1 heterocycles. The Balaban J connectivity index is 2.05. The van der Waals surface area contributed by atoms with Gasteiger partial charge in [-0.2, -0.15) is 5.10 Å². The molecule has 4 heteroatoms. The van der Waals surface area contributed by atoms with Gasteiger partial charge in [0.1, 0.15) is 0 Å². The van der Waals surface area contributed by atoms with Gasteiger partial charge >= 0.3 is 0 Å². The summed E-state index contributed by atoms with van der Waals surface area (Å²) in [5, 5.41) is 8.12. The highest BCUT2D eigenvalue weighted by molar-refractivity contribution is 9.10. The minimum atomic E-state index is 0.313. The van der Waals surface area contributed by atoms with Gasteiger partial charge < -0.3 is 5.32 Å². The zero-order chi connectivity index (χ0) is 14.7. The molecule has 3 nitrogen and oxygen atoms in total. The van der Waals surface area contributed by atoms with Crippen LogP contribution in [-0.4, -0.2) is 9.78 Å². The number of halogens is 1. The van der Waals surface area contributed by atoms with Crippen molar-refractivity contribution in [3.05, 3.63) is 51.8 Å². The lowest BCUT2D eigenvalue weighted by Gasteiger charge is -2.15. The minimum absolute atomic E-state index is 0.313. The lowest BCUT2D eigenvalue weighted by molar-refractivity contribution is 0.570. The van der Waals surface area contributed by atoms with Crippen LogP contribution in [0.4, 0.5) is 0 Å². The Bertz CT molecular complexity index is 575. The van der Waals surface area contributed by atoms with Crippen LogP contribution in [0, 0.1) is 0 Å². The fourth-order valence-corrected chi connectivity index (χ4v) is 2.75. The molecule has 0 aliphatic heterocycles. The third kappa shape index (κ3) is 3.70. The summed E-state index contributed by atoms with van der Waals surface area (Å²) in [7, 11) is 1.98. The largest absolute Gasteiger partial charge is 0.306 e. The predicted octanol–water partition coefficient (Wildman–Crippen LogP) is 4.16. The maximum atomic E-state index is 4.54.